The minimum atomic E-state index is -4.38. The van der Waals surface area contributed by atoms with Gasteiger partial charge in [0.15, 0.2) is 6.61 Å². The summed E-state index contributed by atoms with van der Waals surface area (Å²) in [6, 6.07) is 15.2. The molecule has 2 aromatic carbocycles. The van der Waals surface area contributed by atoms with Crippen LogP contribution in [0, 0.1) is 0 Å². The number of benzene rings is 2. The SMILES string of the molecule is C[C@@H](NC(=O)Cc1ccc(-n2cccn2)cc1)c1ccc(OCC(F)(F)F)cc1. The van der Waals surface area contributed by atoms with Crippen molar-refractivity contribution in [3.63, 3.8) is 0 Å². The Bertz CT molecular complexity index is 921. The molecule has 152 valence electrons. The van der Waals surface area contributed by atoms with Crippen molar-refractivity contribution in [3.05, 3.63) is 78.1 Å². The first-order valence-corrected chi connectivity index (χ1v) is 8.98. The lowest BCUT2D eigenvalue weighted by Gasteiger charge is -2.15. The number of rotatable bonds is 7. The standard InChI is InChI=1S/C21H20F3N3O2/c1-15(17-5-9-19(10-6-17)29-14-21(22,23)24)26-20(28)13-16-3-7-18(8-4-16)27-12-2-11-25-27/h2-12,15H,13-14H2,1H3,(H,26,28)/t15-/m1/s1. The van der Waals surface area contributed by atoms with Crippen LogP contribution in [0.3, 0.4) is 0 Å². The fourth-order valence-electron chi connectivity index (χ4n) is 2.77. The number of nitrogens with zero attached hydrogens (tertiary/aromatic N) is 2. The van der Waals surface area contributed by atoms with Crippen molar-refractivity contribution in [1.29, 1.82) is 0 Å². The predicted molar refractivity (Wildman–Crippen MR) is 102 cm³/mol. The van der Waals surface area contributed by atoms with E-state index in [1.807, 2.05) is 43.5 Å². The van der Waals surface area contributed by atoms with Gasteiger partial charge in [0.25, 0.3) is 0 Å². The fourth-order valence-corrected chi connectivity index (χ4v) is 2.77. The quantitative estimate of drug-likeness (QED) is 0.642. The molecule has 1 amide bonds. The highest BCUT2D eigenvalue weighted by Gasteiger charge is 2.28. The summed E-state index contributed by atoms with van der Waals surface area (Å²) in [4.78, 5) is 12.3. The Morgan fingerprint density at radius 1 is 1.14 bits per heavy atom. The molecule has 1 N–H and O–H groups in total. The molecule has 1 heterocycles. The van der Waals surface area contributed by atoms with Gasteiger partial charge < -0.3 is 10.1 Å². The molecular weight excluding hydrogens is 383 g/mol. The molecule has 0 spiro atoms. The number of halogens is 3. The monoisotopic (exact) mass is 403 g/mol. The molecule has 8 heteroatoms. The van der Waals surface area contributed by atoms with Gasteiger partial charge in [-0.2, -0.15) is 18.3 Å². The van der Waals surface area contributed by atoms with Gasteiger partial charge in [0, 0.05) is 12.4 Å². The summed E-state index contributed by atoms with van der Waals surface area (Å²) < 4.78 is 43.0. The van der Waals surface area contributed by atoms with Crippen LogP contribution in [-0.4, -0.2) is 28.5 Å². The molecule has 0 saturated heterocycles. The van der Waals surface area contributed by atoms with Crippen LogP contribution >= 0.6 is 0 Å². The third kappa shape index (κ3) is 6.10. The Morgan fingerprint density at radius 3 is 2.41 bits per heavy atom. The second-order valence-corrected chi connectivity index (χ2v) is 6.56. The van der Waals surface area contributed by atoms with Crippen molar-refractivity contribution in [2.75, 3.05) is 6.61 Å². The van der Waals surface area contributed by atoms with Gasteiger partial charge in [0.2, 0.25) is 5.91 Å². The Balaban J connectivity index is 1.52. The maximum absolute atomic E-state index is 12.3. The number of carbonyl (C=O) groups excluding carboxylic acids is 1. The first-order chi connectivity index (χ1) is 13.8. The summed E-state index contributed by atoms with van der Waals surface area (Å²) in [5, 5.41) is 7.04. The van der Waals surface area contributed by atoms with Crippen molar-refractivity contribution >= 4 is 5.91 Å². The maximum Gasteiger partial charge on any atom is 0.422 e. The summed E-state index contributed by atoms with van der Waals surface area (Å²) in [5.41, 5.74) is 2.54. The van der Waals surface area contributed by atoms with Gasteiger partial charge in [-0.15, -0.1) is 0 Å². The highest BCUT2D eigenvalue weighted by molar-refractivity contribution is 5.79. The molecule has 3 rings (SSSR count). The third-order valence-electron chi connectivity index (χ3n) is 4.23. The molecule has 0 aliphatic rings. The molecule has 1 aromatic heterocycles. The molecule has 0 radical (unpaired) electrons. The molecule has 0 fully saturated rings. The number of alkyl halides is 3. The molecule has 0 unspecified atom stereocenters. The van der Waals surface area contributed by atoms with E-state index in [1.165, 1.54) is 12.1 Å². The average Bonchev–Trinajstić information content (AvgIpc) is 3.21. The lowest BCUT2D eigenvalue weighted by molar-refractivity contribution is -0.153. The van der Waals surface area contributed by atoms with Crippen LogP contribution in [0.5, 0.6) is 5.75 Å². The Morgan fingerprint density at radius 2 is 1.83 bits per heavy atom. The molecule has 0 saturated carbocycles. The number of hydrogen-bond donors (Lipinski definition) is 1. The molecular formula is C21H20F3N3O2. The van der Waals surface area contributed by atoms with Crippen molar-refractivity contribution in [1.82, 2.24) is 15.1 Å². The van der Waals surface area contributed by atoms with E-state index in [1.54, 1.807) is 23.0 Å². The molecule has 0 aliphatic heterocycles. The zero-order chi connectivity index (χ0) is 20.9. The van der Waals surface area contributed by atoms with Gasteiger partial charge in [-0.25, -0.2) is 4.68 Å². The molecule has 5 nitrogen and oxygen atoms in total. The van der Waals surface area contributed by atoms with Crippen molar-refractivity contribution < 1.29 is 22.7 Å². The van der Waals surface area contributed by atoms with E-state index in [4.69, 9.17) is 0 Å². The lowest BCUT2D eigenvalue weighted by atomic mass is 10.1. The highest BCUT2D eigenvalue weighted by Crippen LogP contribution is 2.21. The minimum Gasteiger partial charge on any atom is -0.484 e. The van der Waals surface area contributed by atoms with Crippen molar-refractivity contribution in [3.8, 4) is 11.4 Å². The molecule has 1 atom stereocenters. The Labute approximate surface area is 166 Å². The van der Waals surface area contributed by atoms with E-state index >= 15 is 0 Å². The maximum atomic E-state index is 12.3. The van der Waals surface area contributed by atoms with Gasteiger partial charge in [0.1, 0.15) is 5.75 Å². The topological polar surface area (TPSA) is 56.2 Å². The van der Waals surface area contributed by atoms with Gasteiger partial charge in [-0.3, -0.25) is 4.79 Å². The smallest absolute Gasteiger partial charge is 0.422 e. The van der Waals surface area contributed by atoms with Gasteiger partial charge in [-0.1, -0.05) is 24.3 Å². The second kappa shape index (κ2) is 8.81. The predicted octanol–water partition coefficient (Wildman–Crippen LogP) is 4.23. The number of amides is 1. The number of ether oxygens (including phenoxy) is 1. The van der Waals surface area contributed by atoms with Crippen LogP contribution in [0.4, 0.5) is 13.2 Å². The van der Waals surface area contributed by atoms with E-state index in [9.17, 15) is 18.0 Å². The second-order valence-electron chi connectivity index (χ2n) is 6.56. The van der Waals surface area contributed by atoms with Crippen LogP contribution in [0.1, 0.15) is 24.1 Å². The van der Waals surface area contributed by atoms with Crippen molar-refractivity contribution in [2.45, 2.75) is 25.6 Å². The van der Waals surface area contributed by atoms with Gasteiger partial charge >= 0.3 is 6.18 Å². The summed E-state index contributed by atoms with van der Waals surface area (Å²) in [5.74, 6) is -0.0244. The van der Waals surface area contributed by atoms with Crippen LogP contribution in [0.25, 0.3) is 5.69 Å². The minimum absolute atomic E-state index is 0.127. The van der Waals surface area contributed by atoms with E-state index < -0.39 is 12.8 Å². The van der Waals surface area contributed by atoms with E-state index in [-0.39, 0.29) is 24.1 Å². The average molecular weight is 403 g/mol. The molecule has 0 aliphatic carbocycles. The zero-order valence-electron chi connectivity index (χ0n) is 15.7. The molecule has 29 heavy (non-hydrogen) atoms. The summed E-state index contributed by atoms with van der Waals surface area (Å²) in [6.45, 7) is 0.474. The van der Waals surface area contributed by atoms with Crippen LogP contribution < -0.4 is 10.1 Å². The molecule has 0 bridgehead atoms. The largest absolute Gasteiger partial charge is 0.484 e. The number of nitrogens with one attached hydrogen (secondary N) is 1. The Hall–Kier alpha value is -3.29. The van der Waals surface area contributed by atoms with Crippen LogP contribution in [0.2, 0.25) is 0 Å². The first kappa shape index (κ1) is 20.4. The highest BCUT2D eigenvalue weighted by atomic mass is 19.4. The Kier molecular flexibility index (Phi) is 6.21. The van der Waals surface area contributed by atoms with Crippen LogP contribution in [0.15, 0.2) is 67.0 Å². The van der Waals surface area contributed by atoms with Crippen molar-refractivity contribution in [2.24, 2.45) is 0 Å². The lowest BCUT2D eigenvalue weighted by Crippen LogP contribution is -2.28. The summed E-state index contributed by atoms with van der Waals surface area (Å²) >= 11 is 0. The number of hydrogen-bond acceptors (Lipinski definition) is 3. The van der Waals surface area contributed by atoms with E-state index in [2.05, 4.69) is 15.2 Å². The van der Waals surface area contributed by atoms with Gasteiger partial charge in [0.05, 0.1) is 18.2 Å². The van der Waals surface area contributed by atoms with E-state index in [0.717, 1.165) is 16.8 Å². The normalized spacial score (nSPS) is 12.4. The molecule has 3 aromatic rings. The zero-order valence-corrected chi connectivity index (χ0v) is 15.7. The summed E-state index contributed by atoms with van der Waals surface area (Å²) in [6.07, 6.45) is -0.631. The number of aromatic nitrogens is 2. The van der Waals surface area contributed by atoms with E-state index in [0.29, 0.717) is 0 Å². The number of carbonyl (C=O) groups is 1. The van der Waals surface area contributed by atoms with Gasteiger partial charge in [-0.05, 0) is 48.4 Å². The summed E-state index contributed by atoms with van der Waals surface area (Å²) in [7, 11) is 0. The first-order valence-electron chi connectivity index (χ1n) is 8.98. The third-order valence-corrected chi connectivity index (χ3v) is 4.23. The van der Waals surface area contributed by atoms with Crippen LogP contribution in [-0.2, 0) is 11.2 Å². The fraction of sp³-hybridized carbons (Fsp3) is 0.238.